The smallest absolute Gasteiger partial charge is 0.244 e. The molecule has 1 aromatic rings. The number of rotatable bonds is 7. The van der Waals surface area contributed by atoms with Crippen molar-refractivity contribution in [1.82, 2.24) is 9.21 Å². The lowest BCUT2D eigenvalue weighted by molar-refractivity contribution is -0.135. The van der Waals surface area contributed by atoms with Crippen molar-refractivity contribution < 1.29 is 23.1 Å². The van der Waals surface area contributed by atoms with Crippen LogP contribution in [0.5, 0.6) is 0 Å². The molecule has 29 heavy (non-hydrogen) atoms. The van der Waals surface area contributed by atoms with Gasteiger partial charge in [0.15, 0.2) is 0 Å². The molecule has 2 saturated heterocycles. The van der Waals surface area contributed by atoms with Crippen LogP contribution in [0.3, 0.4) is 0 Å². The number of hydrogen-bond acceptors (Lipinski definition) is 5. The van der Waals surface area contributed by atoms with E-state index in [0.29, 0.717) is 39.0 Å². The molecule has 1 unspecified atom stereocenters. The van der Waals surface area contributed by atoms with Crippen LogP contribution in [0.4, 0.5) is 0 Å². The van der Waals surface area contributed by atoms with E-state index in [-0.39, 0.29) is 33.4 Å². The van der Waals surface area contributed by atoms with Crippen LogP contribution in [0.1, 0.15) is 25.7 Å². The first-order valence-corrected chi connectivity index (χ1v) is 11.9. The highest BCUT2D eigenvalue weighted by Gasteiger charge is 2.49. The van der Waals surface area contributed by atoms with Gasteiger partial charge in [0.25, 0.3) is 0 Å². The molecule has 7 nitrogen and oxygen atoms in total. The zero-order chi connectivity index (χ0) is 21.2. The number of hydrogen-bond donors (Lipinski definition) is 1. The number of aliphatic hydroxyl groups excluding tert-OH is 1. The molecule has 162 valence electrons. The Hall–Kier alpha value is -0.900. The van der Waals surface area contributed by atoms with Crippen molar-refractivity contribution >= 4 is 39.1 Å². The first kappa shape index (κ1) is 22.8. The number of amides is 1. The van der Waals surface area contributed by atoms with Crippen LogP contribution in [0, 0.1) is 5.92 Å². The molecule has 2 aliphatic heterocycles. The van der Waals surface area contributed by atoms with Crippen molar-refractivity contribution in [2.45, 2.75) is 42.7 Å². The van der Waals surface area contributed by atoms with Gasteiger partial charge in [-0.1, -0.05) is 23.2 Å². The topological polar surface area (TPSA) is 87.2 Å². The third kappa shape index (κ3) is 4.73. The van der Waals surface area contributed by atoms with Gasteiger partial charge in [0.1, 0.15) is 6.04 Å². The molecular formula is C19H26Cl2N2O5S. The van der Waals surface area contributed by atoms with Gasteiger partial charge in [-0.3, -0.25) is 4.79 Å². The average molecular weight is 465 g/mol. The number of benzene rings is 1. The maximum absolute atomic E-state index is 13.6. The second-order valence-corrected chi connectivity index (χ2v) is 10.2. The Bertz CT molecular complexity index is 831. The molecule has 2 fully saturated rings. The minimum absolute atomic E-state index is 0.0378. The zero-order valence-corrected chi connectivity index (χ0v) is 18.6. The highest BCUT2D eigenvalue weighted by molar-refractivity contribution is 7.89. The molecule has 3 atom stereocenters. The largest absolute Gasteiger partial charge is 0.396 e. The Balaban J connectivity index is 2.02. The van der Waals surface area contributed by atoms with E-state index in [1.165, 1.54) is 22.5 Å². The summed E-state index contributed by atoms with van der Waals surface area (Å²) < 4.78 is 33.5. The van der Waals surface area contributed by atoms with Crippen molar-refractivity contribution in [2.75, 3.05) is 33.4 Å². The summed E-state index contributed by atoms with van der Waals surface area (Å²) in [6, 6.07) is 2.90. The van der Waals surface area contributed by atoms with Crippen molar-refractivity contribution in [1.29, 1.82) is 0 Å². The summed E-state index contributed by atoms with van der Waals surface area (Å²) in [5, 5.41) is 10.4. The highest BCUT2D eigenvalue weighted by atomic mass is 35.5. The summed E-state index contributed by atoms with van der Waals surface area (Å²) in [5.41, 5.74) is 0. The Morgan fingerprint density at radius 3 is 2.52 bits per heavy atom. The van der Waals surface area contributed by atoms with Gasteiger partial charge in [-0.05, 0) is 43.9 Å². The van der Waals surface area contributed by atoms with Gasteiger partial charge in [0, 0.05) is 55.4 Å². The Morgan fingerprint density at radius 1 is 1.21 bits per heavy atom. The standard InChI is InChI=1S/C19H26Cl2N2O5S/c1-28-7-3-6-22-11-13(12-24)17-4-2-5-18(19(22)25)23(17)29(26,27)16-9-14(20)8-15(21)10-16/h8-10,13,17-18,24H,2-7,11-12H2,1H3/t13-,17+,18?/m1/s1. The number of ether oxygens (including phenoxy) is 1. The van der Waals surface area contributed by atoms with Crippen molar-refractivity contribution in [3.63, 3.8) is 0 Å². The molecule has 2 aliphatic rings. The van der Waals surface area contributed by atoms with E-state index in [9.17, 15) is 18.3 Å². The summed E-state index contributed by atoms with van der Waals surface area (Å²) in [6.07, 6.45) is 2.41. The first-order chi connectivity index (χ1) is 13.8. The number of sulfonamides is 1. The summed E-state index contributed by atoms with van der Waals surface area (Å²) in [6.45, 7) is 1.09. The van der Waals surface area contributed by atoms with Crippen molar-refractivity contribution in [3.8, 4) is 0 Å². The predicted octanol–water partition coefficient (Wildman–Crippen LogP) is 2.39. The van der Waals surface area contributed by atoms with Crippen molar-refractivity contribution in [3.05, 3.63) is 28.2 Å². The molecule has 10 heteroatoms. The minimum atomic E-state index is -4.03. The third-order valence-corrected chi connectivity index (χ3v) is 7.98. The van der Waals surface area contributed by atoms with Crippen LogP contribution in [-0.4, -0.2) is 74.1 Å². The molecule has 1 aromatic carbocycles. The van der Waals surface area contributed by atoms with E-state index in [1.807, 2.05) is 0 Å². The van der Waals surface area contributed by atoms with E-state index in [2.05, 4.69) is 0 Å². The quantitative estimate of drug-likeness (QED) is 0.625. The summed E-state index contributed by atoms with van der Waals surface area (Å²) in [7, 11) is -2.44. The van der Waals surface area contributed by atoms with Crippen LogP contribution in [-0.2, 0) is 19.6 Å². The van der Waals surface area contributed by atoms with Gasteiger partial charge in [-0.15, -0.1) is 0 Å². The molecule has 1 N–H and O–H groups in total. The number of halogens is 2. The average Bonchev–Trinajstić information content (AvgIpc) is 2.74. The second kappa shape index (κ2) is 9.49. The monoisotopic (exact) mass is 464 g/mol. The summed E-state index contributed by atoms with van der Waals surface area (Å²) >= 11 is 12.1. The molecule has 0 saturated carbocycles. The lowest BCUT2D eigenvalue weighted by atomic mass is 9.91. The molecule has 2 heterocycles. The Labute approximate surface area is 181 Å². The fourth-order valence-corrected chi connectivity index (χ4v) is 6.93. The van der Waals surface area contributed by atoms with Gasteiger partial charge in [0.05, 0.1) is 4.90 Å². The number of piperidine rings is 1. The van der Waals surface area contributed by atoms with Crippen LogP contribution < -0.4 is 0 Å². The number of methoxy groups -OCH3 is 1. The first-order valence-electron chi connectivity index (χ1n) is 9.67. The van der Waals surface area contributed by atoms with Gasteiger partial charge in [-0.2, -0.15) is 4.31 Å². The SMILES string of the molecule is COCCCN1C[C@H](CO)[C@@H]2CCCC(C1=O)N2S(=O)(=O)c1cc(Cl)cc(Cl)c1. The molecule has 3 rings (SSSR count). The van der Waals surface area contributed by atoms with Gasteiger partial charge in [0.2, 0.25) is 15.9 Å². The number of fused-ring (bicyclic) bond motifs is 2. The number of aliphatic hydroxyl groups is 1. The Morgan fingerprint density at radius 2 is 1.90 bits per heavy atom. The third-order valence-electron chi connectivity index (χ3n) is 5.63. The summed E-state index contributed by atoms with van der Waals surface area (Å²) in [4.78, 5) is 14.9. The van der Waals surface area contributed by atoms with Gasteiger partial charge in [-0.25, -0.2) is 8.42 Å². The number of carbonyl (C=O) groups is 1. The molecule has 1 amide bonds. The van der Waals surface area contributed by atoms with Crippen LogP contribution in [0.2, 0.25) is 10.0 Å². The minimum Gasteiger partial charge on any atom is -0.396 e. The fourth-order valence-electron chi connectivity index (χ4n) is 4.31. The van der Waals surface area contributed by atoms with Gasteiger partial charge < -0.3 is 14.7 Å². The van der Waals surface area contributed by atoms with E-state index >= 15 is 0 Å². The normalized spacial score (nSPS) is 25.9. The number of carbonyl (C=O) groups excluding carboxylic acids is 1. The van der Waals surface area contributed by atoms with Crippen LogP contribution in [0.15, 0.2) is 23.1 Å². The fraction of sp³-hybridized carbons (Fsp3) is 0.632. The van der Waals surface area contributed by atoms with Crippen LogP contribution >= 0.6 is 23.2 Å². The predicted molar refractivity (Wildman–Crippen MR) is 111 cm³/mol. The maximum Gasteiger partial charge on any atom is 0.244 e. The van der Waals surface area contributed by atoms with E-state index in [4.69, 9.17) is 27.9 Å². The lowest BCUT2D eigenvalue weighted by Crippen LogP contribution is -2.55. The highest BCUT2D eigenvalue weighted by Crippen LogP contribution is 2.38. The maximum atomic E-state index is 13.6. The van der Waals surface area contributed by atoms with Gasteiger partial charge >= 0.3 is 0 Å². The van der Waals surface area contributed by atoms with E-state index in [0.717, 1.165) is 6.42 Å². The van der Waals surface area contributed by atoms with Crippen molar-refractivity contribution in [2.24, 2.45) is 5.92 Å². The van der Waals surface area contributed by atoms with E-state index < -0.39 is 22.1 Å². The Kier molecular flexibility index (Phi) is 7.46. The molecular weight excluding hydrogens is 439 g/mol. The lowest BCUT2D eigenvalue weighted by Gasteiger charge is -2.40. The zero-order valence-electron chi connectivity index (χ0n) is 16.3. The van der Waals surface area contributed by atoms with Crippen LogP contribution in [0.25, 0.3) is 0 Å². The molecule has 0 aliphatic carbocycles. The molecule has 0 aromatic heterocycles. The summed E-state index contributed by atoms with van der Waals surface area (Å²) in [5.74, 6) is -0.588. The molecule has 0 spiro atoms. The second-order valence-electron chi connectivity index (χ2n) is 7.53. The van der Waals surface area contributed by atoms with E-state index in [1.54, 1.807) is 12.0 Å². The molecule has 2 bridgehead atoms. The molecule has 0 radical (unpaired) electrons. The number of nitrogens with zero attached hydrogens (tertiary/aromatic N) is 2.